The highest BCUT2D eigenvalue weighted by Gasteiger charge is 2.36. The molecule has 1 heterocycles. The third-order valence-electron chi connectivity index (χ3n) is 3.83. The van der Waals surface area contributed by atoms with E-state index in [9.17, 15) is 5.26 Å². The maximum atomic E-state index is 9.45. The smallest absolute Gasteiger partial charge is 0.158 e. The van der Waals surface area contributed by atoms with Crippen molar-refractivity contribution in [1.82, 2.24) is 20.2 Å². The van der Waals surface area contributed by atoms with Crippen LogP contribution in [0.5, 0.6) is 0 Å². The predicted molar refractivity (Wildman–Crippen MR) is 69.4 cm³/mol. The molecule has 96 valence electrons. The Morgan fingerprint density at radius 3 is 2.63 bits per heavy atom. The lowest BCUT2D eigenvalue weighted by atomic mass is 9.84. The summed E-state index contributed by atoms with van der Waals surface area (Å²) in [4.78, 5) is 0. The lowest BCUT2D eigenvalue weighted by Gasteiger charge is -2.18. The van der Waals surface area contributed by atoms with Gasteiger partial charge in [-0.05, 0) is 35.4 Å². The van der Waals surface area contributed by atoms with Crippen molar-refractivity contribution in [2.45, 2.75) is 32.1 Å². The highest BCUT2D eigenvalue weighted by Crippen LogP contribution is 2.40. The molecule has 0 spiro atoms. The Morgan fingerprint density at radius 1 is 1.21 bits per heavy atom. The van der Waals surface area contributed by atoms with E-state index in [0.717, 1.165) is 37.2 Å². The van der Waals surface area contributed by atoms with Crippen LogP contribution in [0.25, 0.3) is 5.69 Å². The molecular formula is C14H15N5. The third-order valence-corrected chi connectivity index (χ3v) is 3.83. The molecule has 0 amide bonds. The van der Waals surface area contributed by atoms with Crippen LogP contribution in [0.2, 0.25) is 0 Å². The van der Waals surface area contributed by atoms with E-state index in [-0.39, 0.29) is 5.41 Å². The zero-order valence-electron chi connectivity index (χ0n) is 10.7. The molecule has 0 radical (unpaired) electrons. The third kappa shape index (κ3) is 2.22. The van der Waals surface area contributed by atoms with Gasteiger partial charge in [-0.25, -0.2) is 0 Å². The summed E-state index contributed by atoms with van der Waals surface area (Å²) in [5.41, 5.74) is 0.662. The van der Waals surface area contributed by atoms with E-state index in [0.29, 0.717) is 6.42 Å². The zero-order chi connectivity index (χ0) is 13.1. The van der Waals surface area contributed by atoms with Crippen molar-refractivity contribution in [1.29, 1.82) is 5.26 Å². The summed E-state index contributed by atoms with van der Waals surface area (Å²) >= 11 is 0. The maximum Gasteiger partial charge on any atom is 0.158 e. The van der Waals surface area contributed by atoms with E-state index in [1.165, 1.54) is 0 Å². The summed E-state index contributed by atoms with van der Waals surface area (Å²) in [7, 11) is 0. The molecule has 0 atom stereocenters. The van der Waals surface area contributed by atoms with Crippen LogP contribution in [0.15, 0.2) is 30.3 Å². The molecule has 0 unspecified atom stereocenters. The first kappa shape index (κ1) is 11.8. The molecular weight excluding hydrogens is 238 g/mol. The standard InChI is InChI=1S/C14H15N5/c15-11-14(8-4-5-9-14)10-13-16-17-18-19(13)12-6-2-1-3-7-12/h1-3,6-7H,4-5,8-10H2. The summed E-state index contributed by atoms with van der Waals surface area (Å²) in [6.07, 6.45) is 4.78. The fraction of sp³-hybridized carbons (Fsp3) is 0.429. The molecule has 1 aromatic heterocycles. The molecule has 0 aliphatic heterocycles. The molecule has 19 heavy (non-hydrogen) atoms. The molecule has 1 saturated carbocycles. The van der Waals surface area contributed by atoms with Crippen LogP contribution in [0.4, 0.5) is 0 Å². The number of rotatable bonds is 3. The molecule has 5 heteroatoms. The first-order valence-corrected chi connectivity index (χ1v) is 6.57. The summed E-state index contributed by atoms with van der Waals surface area (Å²) in [5, 5.41) is 21.3. The molecule has 3 rings (SSSR count). The van der Waals surface area contributed by atoms with E-state index in [4.69, 9.17) is 0 Å². The van der Waals surface area contributed by atoms with Gasteiger partial charge >= 0.3 is 0 Å². The van der Waals surface area contributed by atoms with Crippen molar-refractivity contribution in [3.8, 4) is 11.8 Å². The van der Waals surface area contributed by atoms with Crippen LogP contribution >= 0.6 is 0 Å². The van der Waals surface area contributed by atoms with Crippen molar-refractivity contribution in [2.24, 2.45) is 5.41 Å². The first-order valence-electron chi connectivity index (χ1n) is 6.57. The van der Waals surface area contributed by atoms with Gasteiger partial charge < -0.3 is 0 Å². The number of aromatic nitrogens is 4. The van der Waals surface area contributed by atoms with Gasteiger partial charge in [0, 0.05) is 6.42 Å². The average Bonchev–Trinajstić information content (AvgIpc) is 3.10. The molecule has 2 aromatic rings. The summed E-state index contributed by atoms with van der Waals surface area (Å²) in [6.45, 7) is 0. The molecule has 1 fully saturated rings. The number of hydrogen-bond donors (Lipinski definition) is 0. The number of benzene rings is 1. The van der Waals surface area contributed by atoms with Crippen LogP contribution in [-0.2, 0) is 6.42 Å². The highest BCUT2D eigenvalue weighted by molar-refractivity contribution is 5.30. The van der Waals surface area contributed by atoms with E-state index in [1.54, 1.807) is 4.68 Å². The lowest BCUT2D eigenvalue weighted by molar-refractivity contribution is 0.394. The van der Waals surface area contributed by atoms with Crippen molar-refractivity contribution in [2.75, 3.05) is 0 Å². The second-order valence-corrected chi connectivity index (χ2v) is 5.12. The van der Waals surface area contributed by atoms with Crippen molar-refractivity contribution >= 4 is 0 Å². The number of nitrogens with zero attached hydrogens (tertiary/aromatic N) is 5. The molecule has 0 N–H and O–H groups in total. The molecule has 1 aliphatic rings. The van der Waals surface area contributed by atoms with E-state index in [1.807, 2.05) is 30.3 Å². The first-order chi connectivity index (χ1) is 9.33. The largest absolute Gasteiger partial charge is 0.198 e. The fourth-order valence-corrected chi connectivity index (χ4v) is 2.77. The zero-order valence-corrected chi connectivity index (χ0v) is 10.7. The van der Waals surface area contributed by atoms with Crippen LogP contribution in [-0.4, -0.2) is 20.2 Å². The van der Waals surface area contributed by atoms with Gasteiger partial charge in [0.2, 0.25) is 0 Å². The van der Waals surface area contributed by atoms with E-state index >= 15 is 0 Å². The van der Waals surface area contributed by atoms with Crippen LogP contribution in [0.3, 0.4) is 0 Å². The number of hydrogen-bond acceptors (Lipinski definition) is 4. The molecule has 0 saturated heterocycles. The fourth-order valence-electron chi connectivity index (χ4n) is 2.77. The van der Waals surface area contributed by atoms with E-state index in [2.05, 4.69) is 21.6 Å². The van der Waals surface area contributed by atoms with Gasteiger partial charge in [0.1, 0.15) is 0 Å². The maximum absolute atomic E-state index is 9.45. The Kier molecular flexibility index (Phi) is 3.00. The quantitative estimate of drug-likeness (QED) is 0.841. The summed E-state index contributed by atoms with van der Waals surface area (Å²) < 4.78 is 1.73. The summed E-state index contributed by atoms with van der Waals surface area (Å²) in [6, 6.07) is 12.3. The van der Waals surface area contributed by atoms with Gasteiger partial charge in [-0.3, -0.25) is 0 Å². The van der Waals surface area contributed by atoms with Crippen molar-refractivity contribution in [3.05, 3.63) is 36.2 Å². The Balaban J connectivity index is 1.91. The van der Waals surface area contributed by atoms with Gasteiger partial charge in [-0.1, -0.05) is 31.0 Å². The second-order valence-electron chi connectivity index (χ2n) is 5.12. The average molecular weight is 253 g/mol. The van der Waals surface area contributed by atoms with E-state index < -0.39 is 0 Å². The Hall–Kier alpha value is -2.22. The summed E-state index contributed by atoms with van der Waals surface area (Å²) in [5.74, 6) is 0.773. The lowest BCUT2D eigenvalue weighted by Crippen LogP contribution is -2.20. The van der Waals surface area contributed by atoms with Crippen LogP contribution in [0.1, 0.15) is 31.5 Å². The molecule has 1 aromatic carbocycles. The number of para-hydroxylation sites is 1. The van der Waals surface area contributed by atoms with Gasteiger partial charge in [-0.15, -0.1) is 5.10 Å². The van der Waals surface area contributed by atoms with Gasteiger partial charge in [0.15, 0.2) is 5.82 Å². The number of tetrazole rings is 1. The Bertz CT molecular complexity index is 590. The SMILES string of the molecule is N#CC1(Cc2nnnn2-c2ccccc2)CCCC1. The van der Waals surface area contributed by atoms with Gasteiger partial charge in [-0.2, -0.15) is 9.94 Å². The monoisotopic (exact) mass is 253 g/mol. The highest BCUT2D eigenvalue weighted by atomic mass is 15.5. The number of nitriles is 1. The molecule has 1 aliphatic carbocycles. The Labute approximate surface area is 111 Å². The topological polar surface area (TPSA) is 67.4 Å². The minimum Gasteiger partial charge on any atom is -0.198 e. The van der Waals surface area contributed by atoms with Crippen molar-refractivity contribution < 1.29 is 0 Å². The van der Waals surface area contributed by atoms with Crippen molar-refractivity contribution in [3.63, 3.8) is 0 Å². The van der Waals surface area contributed by atoms with Gasteiger partial charge in [0.05, 0.1) is 17.2 Å². The minimum absolute atomic E-state index is 0.277. The normalized spacial score (nSPS) is 17.2. The molecule has 5 nitrogen and oxygen atoms in total. The van der Waals surface area contributed by atoms with Crippen LogP contribution < -0.4 is 0 Å². The Morgan fingerprint density at radius 2 is 1.95 bits per heavy atom. The van der Waals surface area contributed by atoms with Gasteiger partial charge in [0.25, 0.3) is 0 Å². The van der Waals surface area contributed by atoms with Crippen LogP contribution in [0, 0.1) is 16.7 Å². The minimum atomic E-state index is -0.277. The second kappa shape index (κ2) is 4.81. The predicted octanol–water partition coefficient (Wildman–Crippen LogP) is 2.29. The molecule has 0 bridgehead atoms.